The molecule has 0 saturated heterocycles. The average molecular weight is 219 g/mol. The van der Waals surface area contributed by atoms with E-state index < -0.39 is 5.56 Å². The standard InChI is InChI=1S/C10H9N3O3/c11-8-9(15)12-5-13-10(8)16-7-3-1-2-6(14)4-7/h1-5,14H,11H2,(H,12,13,15). The summed E-state index contributed by atoms with van der Waals surface area (Å²) < 4.78 is 5.25. The van der Waals surface area contributed by atoms with E-state index in [1.807, 2.05) is 0 Å². The van der Waals surface area contributed by atoms with E-state index in [9.17, 15) is 9.90 Å². The summed E-state index contributed by atoms with van der Waals surface area (Å²) in [6.07, 6.45) is 1.19. The average Bonchev–Trinajstić information content (AvgIpc) is 2.25. The topological polar surface area (TPSA) is 101 Å². The SMILES string of the molecule is Nc1c(Oc2cccc(O)c2)nc[nH]c1=O. The molecular formula is C10H9N3O3. The molecule has 6 nitrogen and oxygen atoms in total. The van der Waals surface area contributed by atoms with Crippen LogP contribution >= 0.6 is 0 Å². The van der Waals surface area contributed by atoms with Crippen LogP contribution in [0.15, 0.2) is 35.4 Å². The first-order chi connectivity index (χ1) is 7.66. The number of phenolic OH excluding ortho intramolecular Hbond substituents is 1. The molecule has 1 aromatic heterocycles. The predicted molar refractivity (Wildman–Crippen MR) is 57.5 cm³/mol. The number of rotatable bonds is 2. The van der Waals surface area contributed by atoms with Gasteiger partial charge in [0.2, 0.25) is 5.88 Å². The molecule has 0 amide bonds. The van der Waals surface area contributed by atoms with Crippen LogP contribution in [0.1, 0.15) is 0 Å². The second kappa shape index (κ2) is 3.93. The molecule has 2 aromatic rings. The van der Waals surface area contributed by atoms with E-state index in [0.29, 0.717) is 5.75 Å². The summed E-state index contributed by atoms with van der Waals surface area (Å²) in [7, 11) is 0. The normalized spacial score (nSPS) is 10.0. The number of nitrogen functional groups attached to an aromatic ring is 1. The van der Waals surface area contributed by atoms with Crippen molar-refractivity contribution in [2.24, 2.45) is 0 Å². The van der Waals surface area contributed by atoms with Gasteiger partial charge in [0.25, 0.3) is 5.56 Å². The van der Waals surface area contributed by atoms with Crippen molar-refractivity contribution in [2.75, 3.05) is 5.73 Å². The van der Waals surface area contributed by atoms with Crippen LogP contribution in [0, 0.1) is 0 Å². The number of nitrogens with one attached hydrogen (secondary N) is 1. The fraction of sp³-hybridized carbons (Fsp3) is 0. The second-order valence-electron chi connectivity index (χ2n) is 3.05. The number of H-pyrrole nitrogens is 1. The van der Waals surface area contributed by atoms with Gasteiger partial charge in [-0.15, -0.1) is 0 Å². The number of nitrogens with two attached hydrogens (primary N) is 1. The quantitative estimate of drug-likeness (QED) is 0.695. The molecule has 0 saturated carbocycles. The fourth-order valence-electron chi connectivity index (χ4n) is 1.13. The number of nitrogens with zero attached hydrogens (tertiary/aromatic N) is 1. The summed E-state index contributed by atoms with van der Waals surface area (Å²) in [5, 5.41) is 9.22. The van der Waals surface area contributed by atoms with Crippen molar-refractivity contribution in [3.63, 3.8) is 0 Å². The Kier molecular flexibility index (Phi) is 2.47. The smallest absolute Gasteiger partial charge is 0.277 e. The van der Waals surface area contributed by atoms with Gasteiger partial charge >= 0.3 is 0 Å². The van der Waals surface area contributed by atoms with Crippen LogP contribution in [0.5, 0.6) is 17.4 Å². The van der Waals surface area contributed by atoms with E-state index in [4.69, 9.17) is 10.5 Å². The Morgan fingerprint density at radius 1 is 1.44 bits per heavy atom. The highest BCUT2D eigenvalue weighted by atomic mass is 16.5. The lowest BCUT2D eigenvalue weighted by molar-refractivity contribution is 0.446. The number of anilines is 1. The van der Waals surface area contributed by atoms with E-state index in [-0.39, 0.29) is 17.3 Å². The highest BCUT2D eigenvalue weighted by Gasteiger charge is 2.06. The third-order valence-electron chi connectivity index (χ3n) is 1.88. The molecule has 0 aliphatic carbocycles. The van der Waals surface area contributed by atoms with Gasteiger partial charge in [0, 0.05) is 6.07 Å². The lowest BCUT2D eigenvalue weighted by Gasteiger charge is -2.05. The molecular weight excluding hydrogens is 210 g/mol. The zero-order valence-corrected chi connectivity index (χ0v) is 8.18. The van der Waals surface area contributed by atoms with Gasteiger partial charge in [-0.25, -0.2) is 4.98 Å². The monoisotopic (exact) mass is 219 g/mol. The molecule has 1 aromatic carbocycles. The van der Waals surface area contributed by atoms with Crippen molar-refractivity contribution >= 4 is 5.69 Å². The van der Waals surface area contributed by atoms with Crippen LogP contribution in [0.2, 0.25) is 0 Å². The molecule has 0 aliphatic rings. The number of benzene rings is 1. The van der Waals surface area contributed by atoms with Gasteiger partial charge in [-0.3, -0.25) is 4.79 Å². The maximum atomic E-state index is 11.1. The van der Waals surface area contributed by atoms with Gasteiger partial charge in [0.15, 0.2) is 5.69 Å². The van der Waals surface area contributed by atoms with Crippen LogP contribution in [-0.2, 0) is 0 Å². The number of hydrogen-bond donors (Lipinski definition) is 3. The van der Waals surface area contributed by atoms with Crippen molar-refractivity contribution in [2.45, 2.75) is 0 Å². The third-order valence-corrected chi connectivity index (χ3v) is 1.88. The molecule has 0 radical (unpaired) electrons. The molecule has 0 aliphatic heterocycles. The minimum atomic E-state index is -0.467. The number of aromatic amines is 1. The fourth-order valence-corrected chi connectivity index (χ4v) is 1.13. The molecule has 2 rings (SSSR count). The Balaban J connectivity index is 2.34. The van der Waals surface area contributed by atoms with Gasteiger partial charge in [-0.05, 0) is 12.1 Å². The molecule has 16 heavy (non-hydrogen) atoms. The van der Waals surface area contributed by atoms with Gasteiger partial charge in [0.1, 0.15) is 11.5 Å². The maximum Gasteiger partial charge on any atom is 0.277 e. The van der Waals surface area contributed by atoms with E-state index in [1.165, 1.54) is 18.5 Å². The molecule has 0 atom stereocenters. The van der Waals surface area contributed by atoms with Gasteiger partial charge in [-0.1, -0.05) is 6.07 Å². The minimum absolute atomic E-state index is 0.00866. The molecule has 82 valence electrons. The molecule has 0 spiro atoms. The van der Waals surface area contributed by atoms with Crippen LogP contribution < -0.4 is 16.0 Å². The van der Waals surface area contributed by atoms with E-state index in [2.05, 4.69) is 9.97 Å². The molecule has 0 bridgehead atoms. The summed E-state index contributed by atoms with van der Waals surface area (Å²) in [6.45, 7) is 0. The van der Waals surface area contributed by atoms with Crippen LogP contribution in [-0.4, -0.2) is 15.1 Å². The summed E-state index contributed by atoms with van der Waals surface area (Å²) in [5.41, 5.74) is 4.90. The summed E-state index contributed by atoms with van der Waals surface area (Å²) in [4.78, 5) is 17.2. The summed E-state index contributed by atoms with van der Waals surface area (Å²) in [5.74, 6) is 0.417. The largest absolute Gasteiger partial charge is 0.508 e. The zero-order valence-electron chi connectivity index (χ0n) is 8.18. The first kappa shape index (κ1) is 10.0. The Hall–Kier alpha value is -2.50. The maximum absolute atomic E-state index is 11.1. The van der Waals surface area contributed by atoms with Crippen molar-refractivity contribution in [1.82, 2.24) is 9.97 Å². The molecule has 0 unspecified atom stereocenters. The van der Waals surface area contributed by atoms with E-state index >= 15 is 0 Å². The third kappa shape index (κ3) is 1.95. The van der Waals surface area contributed by atoms with Gasteiger partial charge in [0.05, 0.1) is 6.33 Å². The summed E-state index contributed by atoms with van der Waals surface area (Å²) >= 11 is 0. The van der Waals surface area contributed by atoms with E-state index in [0.717, 1.165) is 0 Å². The van der Waals surface area contributed by atoms with Crippen molar-refractivity contribution in [1.29, 1.82) is 0 Å². The van der Waals surface area contributed by atoms with Gasteiger partial charge in [-0.2, -0.15) is 0 Å². The molecule has 0 fully saturated rings. The minimum Gasteiger partial charge on any atom is -0.508 e. The first-order valence-electron chi connectivity index (χ1n) is 4.47. The van der Waals surface area contributed by atoms with Crippen LogP contribution in [0.25, 0.3) is 0 Å². The Morgan fingerprint density at radius 3 is 3.00 bits per heavy atom. The Bertz CT molecular complexity index is 565. The molecule has 6 heteroatoms. The molecule has 4 N–H and O–H groups in total. The van der Waals surface area contributed by atoms with Crippen LogP contribution in [0.3, 0.4) is 0 Å². The molecule has 1 heterocycles. The Labute approximate surface area is 90.3 Å². The number of phenols is 1. The zero-order chi connectivity index (χ0) is 11.5. The number of aromatic hydroxyl groups is 1. The van der Waals surface area contributed by atoms with Crippen LogP contribution in [0.4, 0.5) is 5.69 Å². The first-order valence-corrected chi connectivity index (χ1v) is 4.47. The number of aromatic nitrogens is 2. The summed E-state index contributed by atoms with van der Waals surface area (Å²) in [6, 6.07) is 6.11. The number of ether oxygens (including phenoxy) is 1. The second-order valence-corrected chi connectivity index (χ2v) is 3.05. The van der Waals surface area contributed by atoms with Crippen molar-refractivity contribution in [3.05, 3.63) is 40.9 Å². The predicted octanol–water partition coefficient (Wildman–Crippen LogP) is 0.850. The lowest BCUT2D eigenvalue weighted by Crippen LogP contribution is -2.13. The Morgan fingerprint density at radius 2 is 2.25 bits per heavy atom. The highest BCUT2D eigenvalue weighted by Crippen LogP contribution is 2.24. The highest BCUT2D eigenvalue weighted by molar-refractivity contribution is 5.47. The van der Waals surface area contributed by atoms with Crippen molar-refractivity contribution < 1.29 is 9.84 Å². The van der Waals surface area contributed by atoms with E-state index in [1.54, 1.807) is 12.1 Å². The number of hydrogen-bond acceptors (Lipinski definition) is 5. The lowest BCUT2D eigenvalue weighted by atomic mass is 10.3. The van der Waals surface area contributed by atoms with Gasteiger partial charge < -0.3 is 20.6 Å². The van der Waals surface area contributed by atoms with Crippen molar-refractivity contribution in [3.8, 4) is 17.4 Å².